The van der Waals surface area contributed by atoms with Crippen LogP contribution in [-0.2, 0) is 4.74 Å². The zero-order valence-electron chi connectivity index (χ0n) is 9.48. The number of nitrogens with one attached hydrogen (secondary N) is 1. The van der Waals surface area contributed by atoms with Crippen molar-refractivity contribution in [2.45, 2.75) is 24.9 Å². The van der Waals surface area contributed by atoms with Crippen LogP contribution in [0.5, 0.6) is 0 Å². The van der Waals surface area contributed by atoms with E-state index in [1.807, 2.05) is 0 Å². The molecule has 18 heavy (non-hydrogen) atoms. The molecule has 0 bridgehead atoms. The Morgan fingerprint density at radius 1 is 1.61 bits per heavy atom. The summed E-state index contributed by atoms with van der Waals surface area (Å²) in [4.78, 5) is 18.6. The van der Waals surface area contributed by atoms with Gasteiger partial charge in [-0.2, -0.15) is 4.98 Å². The van der Waals surface area contributed by atoms with E-state index in [4.69, 9.17) is 9.84 Å². The summed E-state index contributed by atoms with van der Waals surface area (Å²) in [5.74, 6) is 0. The summed E-state index contributed by atoms with van der Waals surface area (Å²) >= 11 is 0. The second kappa shape index (κ2) is 4.20. The maximum Gasteiger partial charge on any atom is 0.351 e. The quantitative estimate of drug-likeness (QED) is 0.659. The molecule has 7 heteroatoms. The summed E-state index contributed by atoms with van der Waals surface area (Å²) in [5.41, 5.74) is 0.0780. The molecule has 0 unspecified atom stereocenters. The first-order valence-corrected chi connectivity index (χ1v) is 5.69. The Morgan fingerprint density at radius 2 is 2.44 bits per heavy atom. The molecule has 96 valence electrons. The molecular weight excluding hydrogens is 238 g/mol. The first-order chi connectivity index (χ1) is 8.69. The largest absolute Gasteiger partial charge is 0.394 e. The number of aliphatic hydroxyl groups is 2. The van der Waals surface area contributed by atoms with Gasteiger partial charge < -0.3 is 19.9 Å². The van der Waals surface area contributed by atoms with Gasteiger partial charge in [-0.05, 0) is 6.07 Å². The fourth-order valence-electron chi connectivity index (χ4n) is 2.19. The molecule has 3 N–H and O–H groups in total. The van der Waals surface area contributed by atoms with Gasteiger partial charge in [0.15, 0.2) is 0 Å². The van der Waals surface area contributed by atoms with Gasteiger partial charge in [0.25, 0.3) is 0 Å². The second-order valence-electron chi connectivity index (χ2n) is 4.33. The molecule has 2 aromatic rings. The predicted octanol–water partition coefficient (Wildman–Crippen LogP) is -0.635. The van der Waals surface area contributed by atoms with Gasteiger partial charge in [0.2, 0.25) is 0 Å². The van der Waals surface area contributed by atoms with Gasteiger partial charge in [-0.1, -0.05) is 0 Å². The van der Waals surface area contributed by atoms with Crippen LogP contribution in [0.1, 0.15) is 12.6 Å². The van der Waals surface area contributed by atoms with Crippen LogP contribution in [0.3, 0.4) is 0 Å². The molecule has 1 aliphatic heterocycles. The molecule has 1 fully saturated rings. The molecule has 2 aromatic heterocycles. The van der Waals surface area contributed by atoms with E-state index >= 15 is 0 Å². The Balaban J connectivity index is 1.99. The summed E-state index contributed by atoms with van der Waals surface area (Å²) in [6.07, 6.45) is 1.60. The fraction of sp³-hybridized carbons (Fsp3) is 0.455. The number of hydrogen-bond acceptors (Lipinski definition) is 5. The van der Waals surface area contributed by atoms with Crippen molar-refractivity contribution < 1.29 is 14.9 Å². The van der Waals surface area contributed by atoms with Gasteiger partial charge in [0, 0.05) is 24.2 Å². The third-order valence-electron chi connectivity index (χ3n) is 3.16. The van der Waals surface area contributed by atoms with Gasteiger partial charge in [0.05, 0.1) is 12.7 Å². The van der Waals surface area contributed by atoms with Crippen molar-refractivity contribution in [3.05, 3.63) is 28.9 Å². The maximum atomic E-state index is 11.8. The molecule has 1 saturated heterocycles. The Hall–Kier alpha value is -1.70. The Kier molecular flexibility index (Phi) is 2.66. The van der Waals surface area contributed by atoms with Crippen LogP contribution in [0.15, 0.2) is 23.3 Å². The third-order valence-corrected chi connectivity index (χ3v) is 3.16. The number of H-pyrrole nitrogens is 1. The number of hydrogen-bond donors (Lipinski definition) is 3. The van der Waals surface area contributed by atoms with Crippen LogP contribution < -0.4 is 5.69 Å². The highest BCUT2D eigenvalue weighted by atomic mass is 16.5. The third kappa shape index (κ3) is 1.72. The van der Waals surface area contributed by atoms with E-state index in [0.29, 0.717) is 5.65 Å². The first kappa shape index (κ1) is 11.4. The van der Waals surface area contributed by atoms with Crippen molar-refractivity contribution in [1.29, 1.82) is 0 Å². The van der Waals surface area contributed by atoms with Crippen LogP contribution >= 0.6 is 0 Å². The van der Waals surface area contributed by atoms with Crippen molar-refractivity contribution in [3.8, 4) is 0 Å². The van der Waals surface area contributed by atoms with E-state index in [2.05, 4.69) is 9.97 Å². The number of fused-ring (bicyclic) bond motifs is 1. The number of aromatic amines is 1. The minimum atomic E-state index is -0.770. The van der Waals surface area contributed by atoms with Gasteiger partial charge in [-0.25, -0.2) is 4.79 Å². The number of aliphatic hydroxyl groups excluding tert-OH is 2. The molecular formula is C11H13N3O4. The number of aromatic nitrogens is 3. The topological polar surface area (TPSA) is 100 Å². The predicted molar refractivity (Wildman–Crippen MR) is 62.0 cm³/mol. The zero-order valence-corrected chi connectivity index (χ0v) is 9.48. The number of rotatable bonds is 2. The van der Waals surface area contributed by atoms with E-state index in [1.165, 1.54) is 4.57 Å². The molecule has 3 heterocycles. The highest BCUT2D eigenvalue weighted by molar-refractivity contribution is 5.73. The fourth-order valence-corrected chi connectivity index (χ4v) is 2.19. The summed E-state index contributed by atoms with van der Waals surface area (Å²) in [6, 6.07) is 1.80. The second-order valence-corrected chi connectivity index (χ2v) is 4.33. The van der Waals surface area contributed by atoms with Crippen LogP contribution in [0, 0.1) is 0 Å². The average Bonchev–Trinajstić information content (AvgIpc) is 2.93. The van der Waals surface area contributed by atoms with E-state index < -0.39 is 24.1 Å². The average molecular weight is 251 g/mol. The standard InChI is InChI=1S/C11H13N3O4/c15-5-8-7(16)3-9(18-8)14-4-6-1-2-12-10(6)13-11(14)17/h1-2,4,7-9,15-16H,3,5H2,(H,12,13,17)/t7-,8+,9+/m0/s1. The van der Waals surface area contributed by atoms with Crippen molar-refractivity contribution in [2.75, 3.05) is 6.61 Å². The SMILES string of the molecule is O=c1nc2[nH]ccc2cn1[C@H]1C[C@H](O)[C@@H](CO)O1. The molecule has 1 aliphatic rings. The van der Waals surface area contributed by atoms with Gasteiger partial charge in [-0.15, -0.1) is 0 Å². The summed E-state index contributed by atoms with van der Waals surface area (Å²) < 4.78 is 6.77. The Labute approximate surface area is 102 Å². The minimum Gasteiger partial charge on any atom is -0.394 e. The van der Waals surface area contributed by atoms with E-state index in [0.717, 1.165) is 5.39 Å². The first-order valence-electron chi connectivity index (χ1n) is 5.69. The minimum absolute atomic E-state index is 0.267. The molecule has 7 nitrogen and oxygen atoms in total. The monoisotopic (exact) mass is 251 g/mol. The lowest BCUT2D eigenvalue weighted by Gasteiger charge is -2.14. The maximum absolute atomic E-state index is 11.8. The van der Waals surface area contributed by atoms with Crippen molar-refractivity contribution >= 4 is 11.0 Å². The van der Waals surface area contributed by atoms with Crippen LogP contribution in [0.25, 0.3) is 11.0 Å². The molecule has 0 spiro atoms. The molecule has 0 aromatic carbocycles. The Morgan fingerprint density at radius 3 is 3.17 bits per heavy atom. The molecule has 3 rings (SSSR count). The number of ether oxygens (including phenoxy) is 1. The normalized spacial score (nSPS) is 28.0. The highest BCUT2D eigenvalue weighted by Gasteiger charge is 2.35. The van der Waals surface area contributed by atoms with Crippen LogP contribution in [0.4, 0.5) is 0 Å². The summed E-state index contributed by atoms with van der Waals surface area (Å²) in [6.45, 7) is -0.272. The van der Waals surface area contributed by atoms with Crippen molar-refractivity contribution in [1.82, 2.24) is 14.5 Å². The molecule has 0 radical (unpaired) electrons. The zero-order chi connectivity index (χ0) is 12.7. The van der Waals surface area contributed by atoms with Crippen LogP contribution in [0.2, 0.25) is 0 Å². The molecule has 3 atom stereocenters. The summed E-state index contributed by atoms with van der Waals surface area (Å²) in [5, 5.41) is 19.5. The van der Waals surface area contributed by atoms with Crippen molar-refractivity contribution in [3.63, 3.8) is 0 Å². The summed E-state index contributed by atoms with van der Waals surface area (Å²) in [7, 11) is 0. The molecule has 0 amide bonds. The smallest absolute Gasteiger partial charge is 0.351 e. The lowest BCUT2D eigenvalue weighted by Crippen LogP contribution is -2.27. The lowest BCUT2D eigenvalue weighted by atomic mass is 10.2. The molecule has 0 aliphatic carbocycles. The van der Waals surface area contributed by atoms with Gasteiger partial charge >= 0.3 is 5.69 Å². The Bertz CT molecular complexity index is 620. The van der Waals surface area contributed by atoms with Gasteiger partial charge in [0.1, 0.15) is 18.0 Å². The van der Waals surface area contributed by atoms with Gasteiger partial charge in [-0.3, -0.25) is 4.57 Å². The van der Waals surface area contributed by atoms with E-state index in [9.17, 15) is 9.90 Å². The number of nitrogens with zero attached hydrogens (tertiary/aromatic N) is 2. The van der Waals surface area contributed by atoms with E-state index in [-0.39, 0.29) is 13.0 Å². The molecule has 0 saturated carbocycles. The van der Waals surface area contributed by atoms with Crippen molar-refractivity contribution in [2.24, 2.45) is 0 Å². The highest BCUT2D eigenvalue weighted by Crippen LogP contribution is 2.27. The lowest BCUT2D eigenvalue weighted by molar-refractivity contribution is -0.0457. The van der Waals surface area contributed by atoms with E-state index in [1.54, 1.807) is 18.5 Å². The van der Waals surface area contributed by atoms with Crippen LogP contribution in [-0.4, -0.2) is 43.6 Å².